The number of carbonyl (C=O) groups is 1. The van der Waals surface area contributed by atoms with Crippen LogP contribution in [0.5, 0.6) is 0 Å². The van der Waals surface area contributed by atoms with Gasteiger partial charge < -0.3 is 0 Å². The van der Waals surface area contributed by atoms with Gasteiger partial charge in [-0.1, -0.05) is 12.1 Å². The molecule has 1 amide bonds. The predicted octanol–water partition coefficient (Wildman–Crippen LogP) is 0.397. The fourth-order valence-electron chi connectivity index (χ4n) is 3.72. The van der Waals surface area contributed by atoms with Crippen molar-refractivity contribution in [2.45, 2.75) is 37.4 Å². The summed E-state index contributed by atoms with van der Waals surface area (Å²) in [5.41, 5.74) is 10.5. The largest absolute Gasteiger partial charge is 0.271 e. The first-order valence-electron chi connectivity index (χ1n) is 8.01. The first-order valence-corrected chi connectivity index (χ1v) is 8.01. The van der Waals surface area contributed by atoms with Crippen LogP contribution in [0.25, 0.3) is 11.0 Å². The lowest BCUT2D eigenvalue weighted by atomic mass is 9.79. The molecule has 1 aliphatic heterocycles. The van der Waals surface area contributed by atoms with Gasteiger partial charge in [-0.3, -0.25) is 25.8 Å². The summed E-state index contributed by atoms with van der Waals surface area (Å²) in [6.45, 7) is 0. The summed E-state index contributed by atoms with van der Waals surface area (Å²) in [6, 6.07) is 6.52. The zero-order valence-corrected chi connectivity index (χ0v) is 12.9. The Morgan fingerprint density at radius 2 is 2.17 bits per heavy atom. The van der Waals surface area contributed by atoms with E-state index in [4.69, 9.17) is 0 Å². The lowest BCUT2D eigenvalue weighted by Crippen LogP contribution is -2.46. The van der Waals surface area contributed by atoms with E-state index in [0.717, 1.165) is 11.0 Å². The van der Waals surface area contributed by atoms with Crippen molar-refractivity contribution in [2.75, 3.05) is 5.43 Å². The van der Waals surface area contributed by atoms with Gasteiger partial charge in [0, 0.05) is 29.7 Å². The van der Waals surface area contributed by atoms with Crippen LogP contribution >= 0.6 is 0 Å². The predicted molar refractivity (Wildman–Crippen MR) is 86.1 cm³/mol. The number of nitro groups is 1. The lowest BCUT2D eigenvalue weighted by molar-refractivity contribution is -0.528. The van der Waals surface area contributed by atoms with E-state index >= 15 is 0 Å². The zero-order chi connectivity index (χ0) is 16.7. The fourth-order valence-corrected chi connectivity index (χ4v) is 3.72. The van der Waals surface area contributed by atoms with Gasteiger partial charge in [-0.15, -0.1) is 0 Å². The van der Waals surface area contributed by atoms with E-state index in [1.54, 1.807) is 11.0 Å². The van der Waals surface area contributed by atoms with Crippen molar-refractivity contribution in [1.82, 2.24) is 20.5 Å². The van der Waals surface area contributed by atoms with E-state index in [1.165, 1.54) is 0 Å². The maximum atomic E-state index is 12.7. The van der Waals surface area contributed by atoms with Crippen molar-refractivity contribution >= 4 is 16.9 Å². The van der Waals surface area contributed by atoms with Gasteiger partial charge in [-0.25, -0.2) is 15.1 Å². The number of imidazole rings is 1. The highest BCUT2D eigenvalue weighted by molar-refractivity contribution is 5.91. The molecule has 4 atom stereocenters. The maximum Gasteiger partial charge on any atom is 0.257 e. The van der Waals surface area contributed by atoms with Gasteiger partial charge in [-0.05, 0) is 18.6 Å². The molecule has 1 saturated heterocycles. The average Bonchev–Trinajstić information content (AvgIpc) is 3.18. The Hall–Kier alpha value is -2.52. The lowest BCUT2D eigenvalue weighted by Gasteiger charge is -2.28. The van der Waals surface area contributed by atoms with E-state index in [9.17, 15) is 14.9 Å². The third-order valence-electron chi connectivity index (χ3n) is 4.99. The molecule has 9 nitrogen and oxygen atoms in total. The highest BCUT2D eigenvalue weighted by atomic mass is 16.6. The van der Waals surface area contributed by atoms with Crippen LogP contribution in [0.15, 0.2) is 30.6 Å². The molecule has 0 radical (unpaired) electrons. The van der Waals surface area contributed by atoms with E-state index in [0.29, 0.717) is 19.3 Å². The molecule has 2 fully saturated rings. The monoisotopic (exact) mass is 330 g/mol. The average molecular weight is 330 g/mol. The van der Waals surface area contributed by atoms with Crippen LogP contribution < -0.4 is 16.3 Å². The normalized spacial score (nSPS) is 29.3. The van der Waals surface area contributed by atoms with Gasteiger partial charge in [0.15, 0.2) is 0 Å². The Morgan fingerprint density at radius 3 is 3.00 bits per heavy atom. The minimum absolute atomic E-state index is 0.0936. The first kappa shape index (κ1) is 15.0. The van der Waals surface area contributed by atoms with Crippen molar-refractivity contribution in [3.05, 3.63) is 40.7 Å². The molecule has 126 valence electrons. The molecule has 1 saturated carbocycles. The molecular formula is C15H18N6O3. The molecule has 4 rings (SSSR count). The number of benzene rings is 1. The van der Waals surface area contributed by atoms with Crippen LogP contribution in [0.2, 0.25) is 0 Å². The molecular weight excluding hydrogens is 312 g/mol. The van der Waals surface area contributed by atoms with E-state index in [1.807, 2.05) is 24.3 Å². The van der Waals surface area contributed by atoms with E-state index in [-0.39, 0.29) is 22.8 Å². The second-order valence-electron chi connectivity index (χ2n) is 6.37. The van der Waals surface area contributed by atoms with Crippen molar-refractivity contribution in [3.63, 3.8) is 0 Å². The third-order valence-corrected chi connectivity index (χ3v) is 4.99. The van der Waals surface area contributed by atoms with Crippen molar-refractivity contribution in [2.24, 2.45) is 5.92 Å². The molecule has 1 aromatic heterocycles. The Kier molecular flexibility index (Phi) is 3.66. The van der Waals surface area contributed by atoms with Gasteiger partial charge in [0.05, 0.1) is 11.0 Å². The summed E-state index contributed by atoms with van der Waals surface area (Å²) in [6.07, 6.45) is 3.20. The molecule has 0 spiro atoms. The number of rotatable bonds is 3. The summed E-state index contributed by atoms with van der Waals surface area (Å²) < 4.78 is 1.58. The second kappa shape index (κ2) is 5.84. The number of hydrazine groups is 1. The summed E-state index contributed by atoms with van der Waals surface area (Å²) in [5.74, 6) is -0.314. The minimum Gasteiger partial charge on any atom is -0.271 e. The summed E-state index contributed by atoms with van der Waals surface area (Å²) in [7, 11) is 0. The van der Waals surface area contributed by atoms with Crippen LogP contribution in [-0.4, -0.2) is 38.6 Å². The maximum absolute atomic E-state index is 12.7. The summed E-state index contributed by atoms with van der Waals surface area (Å²) >= 11 is 0. The number of para-hydroxylation sites is 2. The van der Waals surface area contributed by atoms with Gasteiger partial charge in [-0.2, -0.15) is 0 Å². The van der Waals surface area contributed by atoms with Gasteiger partial charge >= 0.3 is 0 Å². The first-order chi connectivity index (χ1) is 11.6. The van der Waals surface area contributed by atoms with Gasteiger partial charge in [0.1, 0.15) is 12.4 Å². The summed E-state index contributed by atoms with van der Waals surface area (Å²) in [5, 5.41) is 11.1. The quantitative estimate of drug-likeness (QED) is 0.554. The molecule has 9 heteroatoms. The fraction of sp³-hybridized carbons (Fsp3) is 0.467. The topological polar surface area (TPSA) is 114 Å². The smallest absolute Gasteiger partial charge is 0.257 e. The molecule has 2 heterocycles. The molecule has 3 N–H and O–H groups in total. The Bertz CT molecular complexity index is 790. The standard InChI is InChI=1S/C15H18N6O3/c22-15(19-20-8-16-12-3-1-2-4-13(12)20)14-10-7-9(21(23)24)5-6-11(10)17-18-14/h1-4,8-11,14,17-18H,5-7H2,(H,19,22). The number of amides is 1. The number of hydrogen-bond acceptors (Lipinski definition) is 6. The molecule has 2 aliphatic rings. The van der Waals surface area contributed by atoms with Crippen LogP contribution in [0.3, 0.4) is 0 Å². The number of hydrogen-bond donors (Lipinski definition) is 3. The van der Waals surface area contributed by atoms with Crippen LogP contribution in [0.1, 0.15) is 19.3 Å². The van der Waals surface area contributed by atoms with Crippen molar-refractivity contribution in [1.29, 1.82) is 0 Å². The van der Waals surface area contributed by atoms with Gasteiger partial charge in [0.2, 0.25) is 6.04 Å². The Labute approximate surface area is 137 Å². The third kappa shape index (κ3) is 2.51. The number of fused-ring (bicyclic) bond motifs is 2. The van der Waals surface area contributed by atoms with Crippen molar-refractivity contribution in [3.8, 4) is 0 Å². The highest BCUT2D eigenvalue weighted by Crippen LogP contribution is 2.31. The molecule has 4 unspecified atom stereocenters. The van der Waals surface area contributed by atoms with Gasteiger partial charge in [0.25, 0.3) is 5.91 Å². The van der Waals surface area contributed by atoms with Crippen LogP contribution in [0, 0.1) is 16.0 Å². The van der Waals surface area contributed by atoms with E-state index in [2.05, 4.69) is 21.3 Å². The number of nitrogens with zero attached hydrogens (tertiary/aromatic N) is 3. The molecule has 2 aromatic rings. The van der Waals surface area contributed by atoms with E-state index < -0.39 is 12.1 Å². The minimum atomic E-state index is -0.572. The second-order valence-corrected chi connectivity index (χ2v) is 6.37. The summed E-state index contributed by atoms with van der Waals surface area (Å²) in [4.78, 5) is 27.7. The molecule has 24 heavy (non-hydrogen) atoms. The Morgan fingerprint density at radius 1 is 1.33 bits per heavy atom. The highest BCUT2D eigenvalue weighted by Gasteiger charge is 2.46. The number of nitrogens with one attached hydrogen (secondary N) is 3. The number of aromatic nitrogens is 2. The van der Waals surface area contributed by atoms with Crippen LogP contribution in [-0.2, 0) is 4.79 Å². The molecule has 1 aliphatic carbocycles. The zero-order valence-electron chi connectivity index (χ0n) is 12.9. The molecule has 0 bridgehead atoms. The number of carbonyl (C=O) groups excluding carboxylic acids is 1. The molecule has 1 aromatic carbocycles. The Balaban J connectivity index is 1.51. The SMILES string of the molecule is O=C(Nn1cnc2ccccc21)C1NNC2CCC([N+](=O)[O-])CC21. The van der Waals surface area contributed by atoms with Crippen LogP contribution in [0.4, 0.5) is 0 Å². The van der Waals surface area contributed by atoms with Crippen molar-refractivity contribution < 1.29 is 9.72 Å².